The molecule has 0 aromatic carbocycles. The van der Waals surface area contributed by atoms with Gasteiger partial charge < -0.3 is 3.07 Å². The fraction of sp³-hybridized carbons (Fsp3) is 0. The second-order valence-electron chi connectivity index (χ2n) is 1.12. The Labute approximate surface area is 60.8 Å². The predicted octanol–water partition coefficient (Wildman–Crippen LogP) is 1.21. The Balaban J connectivity index is 2.83. The Hall–Kier alpha value is -0.390. The number of rotatable bonds is 1. The molecule has 0 saturated carbocycles. The molecule has 0 saturated heterocycles. The molecule has 0 spiro atoms. The largest absolute Gasteiger partial charge is 0.407 e. The Morgan fingerprint density at radius 2 is 2.38 bits per heavy atom. The van der Waals surface area contributed by atoms with Gasteiger partial charge in [0.25, 0.3) is 0 Å². The second-order valence-corrected chi connectivity index (χ2v) is 1.56. The fourth-order valence-corrected chi connectivity index (χ4v) is 0.553. The highest BCUT2D eigenvalue weighted by molar-refractivity contribution is 14.1. The van der Waals surface area contributed by atoms with Crippen molar-refractivity contribution in [2.24, 2.45) is 0 Å². The minimum atomic E-state index is 0.535. The first kappa shape index (κ1) is 5.74. The molecule has 0 bridgehead atoms. The summed E-state index contributed by atoms with van der Waals surface area (Å²) in [5, 5.41) is 0. The van der Waals surface area contributed by atoms with Crippen molar-refractivity contribution >= 4 is 23.0 Å². The highest BCUT2D eigenvalue weighted by Gasteiger charge is 1.85. The van der Waals surface area contributed by atoms with E-state index in [1.165, 1.54) is 0 Å². The number of aromatic nitrogens is 2. The van der Waals surface area contributed by atoms with E-state index in [2.05, 4.69) is 9.97 Å². The van der Waals surface area contributed by atoms with Gasteiger partial charge in [0.2, 0.25) is 5.88 Å². The minimum absolute atomic E-state index is 0.535. The SMILES string of the molecule is IOc1cnccn1. The van der Waals surface area contributed by atoms with E-state index in [0.717, 1.165) is 0 Å². The number of halogens is 1. The molecule has 0 aliphatic rings. The molecular weight excluding hydrogens is 219 g/mol. The van der Waals surface area contributed by atoms with Crippen molar-refractivity contribution in [2.45, 2.75) is 0 Å². The lowest BCUT2D eigenvalue weighted by Gasteiger charge is -1.88. The molecule has 8 heavy (non-hydrogen) atoms. The van der Waals surface area contributed by atoms with Gasteiger partial charge in [0.15, 0.2) is 23.0 Å². The molecule has 0 amide bonds. The summed E-state index contributed by atoms with van der Waals surface area (Å²) in [4.78, 5) is 7.57. The molecule has 0 unspecified atom stereocenters. The van der Waals surface area contributed by atoms with Crippen LogP contribution in [0.15, 0.2) is 18.6 Å². The monoisotopic (exact) mass is 222 g/mol. The standard InChI is InChI=1S/C4H3IN2O/c5-8-4-3-6-1-2-7-4/h1-3H. The zero-order chi connectivity index (χ0) is 5.82. The lowest BCUT2D eigenvalue weighted by molar-refractivity contribution is 0.674. The van der Waals surface area contributed by atoms with Crippen molar-refractivity contribution in [1.29, 1.82) is 0 Å². The lowest BCUT2D eigenvalue weighted by Crippen LogP contribution is -1.78. The Morgan fingerprint density at radius 1 is 1.50 bits per heavy atom. The summed E-state index contributed by atoms with van der Waals surface area (Å²) in [7, 11) is 0. The first-order chi connectivity index (χ1) is 3.93. The van der Waals surface area contributed by atoms with Gasteiger partial charge in [0.05, 0.1) is 6.20 Å². The van der Waals surface area contributed by atoms with Crippen LogP contribution in [0.1, 0.15) is 0 Å². The molecule has 3 nitrogen and oxygen atoms in total. The zero-order valence-corrected chi connectivity index (χ0v) is 6.07. The summed E-state index contributed by atoms with van der Waals surface area (Å²) in [6.07, 6.45) is 4.72. The average molecular weight is 222 g/mol. The molecule has 0 aliphatic heterocycles. The smallest absolute Gasteiger partial charge is 0.243 e. The van der Waals surface area contributed by atoms with Crippen LogP contribution < -0.4 is 3.07 Å². The molecule has 0 N–H and O–H groups in total. The van der Waals surface area contributed by atoms with Crippen molar-refractivity contribution in [2.75, 3.05) is 0 Å². The highest BCUT2D eigenvalue weighted by Crippen LogP contribution is 2.02. The van der Waals surface area contributed by atoms with Crippen molar-refractivity contribution < 1.29 is 3.07 Å². The van der Waals surface area contributed by atoms with Gasteiger partial charge in [-0.3, -0.25) is 4.98 Å². The van der Waals surface area contributed by atoms with Gasteiger partial charge in [0.1, 0.15) is 0 Å². The van der Waals surface area contributed by atoms with Crippen LogP contribution in [0.3, 0.4) is 0 Å². The lowest BCUT2D eigenvalue weighted by atomic mass is 10.7. The number of hydrogen-bond acceptors (Lipinski definition) is 3. The topological polar surface area (TPSA) is 35.0 Å². The normalized spacial score (nSPS) is 8.62. The van der Waals surface area contributed by atoms with Crippen molar-refractivity contribution in [1.82, 2.24) is 9.97 Å². The maximum absolute atomic E-state index is 4.71. The quantitative estimate of drug-likeness (QED) is 0.669. The van der Waals surface area contributed by atoms with E-state index in [-0.39, 0.29) is 0 Å². The minimum Gasteiger partial charge on any atom is -0.407 e. The average Bonchev–Trinajstić information content (AvgIpc) is 1.90. The van der Waals surface area contributed by atoms with Crippen molar-refractivity contribution in [3.8, 4) is 5.88 Å². The first-order valence-electron chi connectivity index (χ1n) is 1.98. The third-order valence-electron chi connectivity index (χ3n) is 0.619. The molecule has 0 fully saturated rings. The van der Waals surface area contributed by atoms with Gasteiger partial charge in [-0.05, 0) is 0 Å². The number of hydrogen-bond donors (Lipinski definition) is 0. The van der Waals surface area contributed by atoms with E-state index >= 15 is 0 Å². The first-order valence-corrected chi connectivity index (χ1v) is 2.86. The van der Waals surface area contributed by atoms with Gasteiger partial charge in [0, 0.05) is 12.4 Å². The Kier molecular flexibility index (Phi) is 2.01. The summed E-state index contributed by atoms with van der Waals surface area (Å²) in [5.41, 5.74) is 0. The van der Waals surface area contributed by atoms with E-state index in [4.69, 9.17) is 3.07 Å². The van der Waals surface area contributed by atoms with Crippen LogP contribution in [-0.2, 0) is 0 Å². The van der Waals surface area contributed by atoms with Crippen LogP contribution in [0.4, 0.5) is 0 Å². The predicted molar refractivity (Wildman–Crippen MR) is 36.7 cm³/mol. The van der Waals surface area contributed by atoms with Gasteiger partial charge in [-0.1, -0.05) is 0 Å². The second kappa shape index (κ2) is 2.81. The van der Waals surface area contributed by atoms with Crippen LogP contribution in [-0.4, -0.2) is 9.97 Å². The molecular formula is C4H3IN2O. The third kappa shape index (κ3) is 1.29. The molecule has 1 aromatic rings. The molecule has 1 rings (SSSR count). The zero-order valence-electron chi connectivity index (χ0n) is 3.91. The maximum atomic E-state index is 4.71. The molecule has 1 heterocycles. The van der Waals surface area contributed by atoms with E-state index in [1.54, 1.807) is 41.6 Å². The molecule has 0 radical (unpaired) electrons. The summed E-state index contributed by atoms with van der Waals surface area (Å²) in [6.45, 7) is 0. The molecule has 42 valence electrons. The molecule has 0 aliphatic carbocycles. The van der Waals surface area contributed by atoms with Gasteiger partial charge in [-0.2, -0.15) is 0 Å². The number of nitrogens with zero attached hydrogens (tertiary/aromatic N) is 2. The molecule has 1 aromatic heterocycles. The maximum Gasteiger partial charge on any atom is 0.243 e. The van der Waals surface area contributed by atoms with Gasteiger partial charge in [-0.15, -0.1) is 0 Å². The van der Waals surface area contributed by atoms with E-state index < -0.39 is 0 Å². The summed E-state index contributed by atoms with van der Waals surface area (Å²) < 4.78 is 4.71. The van der Waals surface area contributed by atoms with Crippen LogP contribution in [0.5, 0.6) is 5.88 Å². The van der Waals surface area contributed by atoms with E-state index in [1.807, 2.05) is 0 Å². The summed E-state index contributed by atoms with van der Waals surface area (Å²) in [5.74, 6) is 0.535. The van der Waals surface area contributed by atoms with E-state index in [0.29, 0.717) is 5.88 Å². The summed E-state index contributed by atoms with van der Waals surface area (Å²) in [6, 6.07) is 0. The molecule has 0 atom stereocenters. The third-order valence-corrected chi connectivity index (χ3v) is 1.07. The van der Waals surface area contributed by atoms with Crippen LogP contribution in [0.2, 0.25) is 0 Å². The Bertz CT molecular complexity index is 155. The van der Waals surface area contributed by atoms with E-state index in [9.17, 15) is 0 Å². The Morgan fingerprint density at radius 3 is 2.75 bits per heavy atom. The van der Waals surface area contributed by atoms with Gasteiger partial charge in [-0.25, -0.2) is 4.98 Å². The highest BCUT2D eigenvalue weighted by atomic mass is 127. The molecule has 4 heteroatoms. The van der Waals surface area contributed by atoms with Crippen LogP contribution >= 0.6 is 23.0 Å². The van der Waals surface area contributed by atoms with Crippen LogP contribution in [0.25, 0.3) is 0 Å². The fourth-order valence-electron chi connectivity index (χ4n) is 0.325. The summed E-state index contributed by atoms with van der Waals surface area (Å²) >= 11 is 1.75. The van der Waals surface area contributed by atoms with Crippen molar-refractivity contribution in [3.05, 3.63) is 18.6 Å². The van der Waals surface area contributed by atoms with Gasteiger partial charge >= 0.3 is 0 Å². The van der Waals surface area contributed by atoms with Crippen LogP contribution in [0, 0.1) is 0 Å². The van der Waals surface area contributed by atoms with Crippen molar-refractivity contribution in [3.63, 3.8) is 0 Å².